The first-order valence-electron chi connectivity index (χ1n) is 8.61. The fraction of sp³-hybridized carbons (Fsp3) is 0.500. The first-order valence-corrected chi connectivity index (χ1v) is 8.61. The van der Waals surface area contributed by atoms with Crippen molar-refractivity contribution in [3.05, 3.63) is 40.4 Å². The van der Waals surface area contributed by atoms with Crippen molar-refractivity contribution < 1.29 is 4.79 Å². The summed E-state index contributed by atoms with van der Waals surface area (Å²) in [6.45, 7) is 6.30. The minimum absolute atomic E-state index is 0.0103. The number of H-pyrrole nitrogens is 1. The van der Waals surface area contributed by atoms with E-state index in [1.807, 2.05) is 30.0 Å². The van der Waals surface area contributed by atoms with Crippen LogP contribution in [0.15, 0.2) is 29.1 Å². The lowest BCUT2D eigenvalue weighted by molar-refractivity contribution is -0.122. The summed E-state index contributed by atoms with van der Waals surface area (Å²) in [5.41, 5.74) is 0.534. The summed E-state index contributed by atoms with van der Waals surface area (Å²) in [6, 6.07) is 7.26. The van der Waals surface area contributed by atoms with E-state index in [9.17, 15) is 9.59 Å². The number of carbonyl (C=O) groups is 1. The maximum absolute atomic E-state index is 12.1. The van der Waals surface area contributed by atoms with Crippen molar-refractivity contribution in [2.45, 2.75) is 39.7 Å². The van der Waals surface area contributed by atoms with E-state index in [1.54, 1.807) is 6.07 Å². The van der Waals surface area contributed by atoms with E-state index >= 15 is 0 Å². The lowest BCUT2D eigenvalue weighted by Crippen LogP contribution is -2.37. The van der Waals surface area contributed by atoms with Crippen molar-refractivity contribution in [3.8, 4) is 0 Å². The normalized spacial score (nSPS) is 11.1. The zero-order valence-electron chi connectivity index (χ0n) is 14.5. The molecule has 0 saturated carbocycles. The van der Waals surface area contributed by atoms with Gasteiger partial charge in [0.05, 0.1) is 24.0 Å². The molecule has 2 aromatic rings. The Morgan fingerprint density at radius 3 is 2.79 bits per heavy atom. The maximum Gasteiger partial charge on any atom is 0.258 e. The molecule has 0 aliphatic rings. The Kier molecular flexibility index (Phi) is 6.93. The molecule has 0 atom stereocenters. The minimum Gasteiger partial charge on any atom is -0.355 e. The Labute approximate surface area is 142 Å². The third-order valence-electron chi connectivity index (χ3n) is 3.95. The fourth-order valence-corrected chi connectivity index (χ4v) is 2.56. The highest BCUT2D eigenvalue weighted by Gasteiger charge is 2.11. The zero-order chi connectivity index (χ0) is 17.4. The number of rotatable bonds is 9. The Balaban J connectivity index is 1.97. The van der Waals surface area contributed by atoms with Gasteiger partial charge in [-0.05, 0) is 25.1 Å². The third-order valence-corrected chi connectivity index (χ3v) is 3.95. The SMILES string of the molecule is CCCCCNC(=O)CN(CC)Cc1nc2ccccc2c(=O)[nH]1. The first kappa shape index (κ1) is 18.1. The van der Waals surface area contributed by atoms with Crippen LogP contribution < -0.4 is 10.9 Å². The number of para-hydroxylation sites is 1. The molecular formula is C18H26N4O2. The summed E-state index contributed by atoms with van der Waals surface area (Å²) in [6.07, 6.45) is 3.27. The second-order valence-corrected chi connectivity index (χ2v) is 5.89. The van der Waals surface area contributed by atoms with Gasteiger partial charge >= 0.3 is 0 Å². The highest BCUT2D eigenvalue weighted by molar-refractivity contribution is 5.78. The summed E-state index contributed by atoms with van der Waals surface area (Å²) >= 11 is 0. The smallest absolute Gasteiger partial charge is 0.258 e. The van der Waals surface area contributed by atoms with E-state index in [2.05, 4.69) is 22.2 Å². The van der Waals surface area contributed by atoms with E-state index in [0.29, 0.717) is 36.4 Å². The quantitative estimate of drug-likeness (QED) is 0.690. The van der Waals surface area contributed by atoms with Gasteiger partial charge in [-0.15, -0.1) is 0 Å². The largest absolute Gasteiger partial charge is 0.355 e. The monoisotopic (exact) mass is 330 g/mol. The van der Waals surface area contributed by atoms with Crippen molar-refractivity contribution in [1.29, 1.82) is 0 Å². The zero-order valence-corrected chi connectivity index (χ0v) is 14.5. The average Bonchev–Trinajstić information content (AvgIpc) is 2.58. The average molecular weight is 330 g/mol. The number of likely N-dealkylation sites (N-methyl/N-ethyl adjacent to an activating group) is 1. The number of nitrogens with one attached hydrogen (secondary N) is 2. The molecule has 1 aromatic heterocycles. The fourth-order valence-electron chi connectivity index (χ4n) is 2.56. The van der Waals surface area contributed by atoms with Crippen LogP contribution in [0, 0.1) is 0 Å². The Hall–Kier alpha value is -2.21. The lowest BCUT2D eigenvalue weighted by atomic mass is 10.2. The van der Waals surface area contributed by atoms with Crippen LogP contribution in [0.3, 0.4) is 0 Å². The second kappa shape index (κ2) is 9.17. The number of benzene rings is 1. The van der Waals surface area contributed by atoms with Gasteiger partial charge in [0, 0.05) is 6.54 Å². The van der Waals surface area contributed by atoms with Gasteiger partial charge < -0.3 is 10.3 Å². The number of aromatic amines is 1. The molecule has 0 bridgehead atoms. The van der Waals surface area contributed by atoms with E-state index in [-0.39, 0.29) is 11.5 Å². The molecule has 0 radical (unpaired) electrons. The molecule has 1 heterocycles. The summed E-state index contributed by atoms with van der Waals surface area (Å²) in [4.78, 5) is 33.4. The highest BCUT2D eigenvalue weighted by Crippen LogP contribution is 2.07. The van der Waals surface area contributed by atoms with Gasteiger partial charge in [-0.1, -0.05) is 38.8 Å². The number of amides is 1. The Bertz CT molecular complexity index is 726. The predicted molar refractivity (Wildman–Crippen MR) is 95.8 cm³/mol. The van der Waals surface area contributed by atoms with Crippen LogP contribution in [-0.2, 0) is 11.3 Å². The standard InChI is InChI=1S/C18H26N4O2/c1-3-5-8-11-19-17(23)13-22(4-2)12-16-20-15-10-7-6-9-14(15)18(24)21-16/h6-7,9-10H,3-5,8,11-13H2,1-2H3,(H,19,23)(H,20,21,24). The van der Waals surface area contributed by atoms with Gasteiger partial charge in [0.2, 0.25) is 5.91 Å². The van der Waals surface area contributed by atoms with Crippen molar-refractivity contribution in [3.63, 3.8) is 0 Å². The predicted octanol–water partition coefficient (Wildman–Crippen LogP) is 2.05. The first-order chi connectivity index (χ1) is 11.6. The topological polar surface area (TPSA) is 78.1 Å². The van der Waals surface area contributed by atoms with Crippen LogP contribution in [0.25, 0.3) is 10.9 Å². The number of carbonyl (C=O) groups excluding carboxylic acids is 1. The lowest BCUT2D eigenvalue weighted by Gasteiger charge is -2.19. The van der Waals surface area contributed by atoms with Crippen LogP contribution in [0.1, 0.15) is 38.9 Å². The molecule has 0 unspecified atom stereocenters. The number of nitrogens with zero attached hydrogens (tertiary/aromatic N) is 2. The van der Waals surface area contributed by atoms with Crippen molar-refractivity contribution in [2.24, 2.45) is 0 Å². The van der Waals surface area contributed by atoms with E-state index in [0.717, 1.165) is 25.8 Å². The molecule has 0 fully saturated rings. The molecular weight excluding hydrogens is 304 g/mol. The van der Waals surface area contributed by atoms with Crippen LogP contribution in [-0.4, -0.2) is 40.4 Å². The number of fused-ring (bicyclic) bond motifs is 1. The van der Waals surface area contributed by atoms with Crippen LogP contribution in [0.2, 0.25) is 0 Å². The number of unbranched alkanes of at least 4 members (excludes halogenated alkanes) is 2. The van der Waals surface area contributed by atoms with Gasteiger partial charge in [-0.2, -0.15) is 0 Å². The van der Waals surface area contributed by atoms with Gasteiger partial charge in [-0.3, -0.25) is 14.5 Å². The molecule has 0 spiro atoms. The van der Waals surface area contributed by atoms with Gasteiger partial charge in [-0.25, -0.2) is 4.98 Å². The summed E-state index contributed by atoms with van der Waals surface area (Å²) < 4.78 is 0. The van der Waals surface area contributed by atoms with Gasteiger partial charge in [0.15, 0.2) is 0 Å². The molecule has 2 N–H and O–H groups in total. The number of hydrogen-bond donors (Lipinski definition) is 2. The molecule has 6 nitrogen and oxygen atoms in total. The molecule has 2 rings (SSSR count). The molecule has 1 aromatic carbocycles. The van der Waals surface area contributed by atoms with Crippen LogP contribution in [0.5, 0.6) is 0 Å². The molecule has 24 heavy (non-hydrogen) atoms. The minimum atomic E-state index is -0.143. The molecule has 0 saturated heterocycles. The third kappa shape index (κ3) is 5.16. The summed E-state index contributed by atoms with van der Waals surface area (Å²) in [5, 5.41) is 3.52. The number of aromatic nitrogens is 2. The molecule has 130 valence electrons. The van der Waals surface area contributed by atoms with E-state index in [4.69, 9.17) is 0 Å². The molecule has 1 amide bonds. The Morgan fingerprint density at radius 2 is 2.04 bits per heavy atom. The van der Waals surface area contributed by atoms with Crippen molar-refractivity contribution in [1.82, 2.24) is 20.2 Å². The maximum atomic E-state index is 12.1. The van der Waals surface area contributed by atoms with Crippen LogP contribution in [0.4, 0.5) is 0 Å². The van der Waals surface area contributed by atoms with Crippen molar-refractivity contribution >= 4 is 16.8 Å². The molecule has 0 aliphatic carbocycles. The van der Waals surface area contributed by atoms with Crippen LogP contribution >= 0.6 is 0 Å². The second-order valence-electron chi connectivity index (χ2n) is 5.89. The highest BCUT2D eigenvalue weighted by atomic mass is 16.2. The molecule has 6 heteroatoms. The van der Waals surface area contributed by atoms with Crippen molar-refractivity contribution in [2.75, 3.05) is 19.6 Å². The summed E-state index contributed by atoms with van der Waals surface area (Å²) in [5.74, 6) is 0.593. The van der Waals surface area contributed by atoms with E-state index < -0.39 is 0 Å². The Morgan fingerprint density at radius 1 is 1.25 bits per heavy atom. The van der Waals surface area contributed by atoms with E-state index in [1.165, 1.54) is 0 Å². The van der Waals surface area contributed by atoms with Gasteiger partial charge in [0.1, 0.15) is 5.82 Å². The number of hydrogen-bond acceptors (Lipinski definition) is 4. The molecule has 0 aliphatic heterocycles. The van der Waals surface area contributed by atoms with Gasteiger partial charge in [0.25, 0.3) is 5.56 Å². The summed E-state index contributed by atoms with van der Waals surface area (Å²) in [7, 11) is 0.